The molecule has 1 aliphatic heterocycles. The van der Waals surface area contributed by atoms with Crippen molar-refractivity contribution < 1.29 is 4.52 Å². The molecule has 0 spiro atoms. The van der Waals surface area contributed by atoms with Crippen LogP contribution < -0.4 is 5.09 Å². The Labute approximate surface area is 52.3 Å². The van der Waals surface area contributed by atoms with Crippen LogP contribution in [0.5, 0.6) is 0 Å². The average molecular weight is 159 g/mol. The van der Waals surface area contributed by atoms with Crippen LogP contribution in [0, 0.1) is 0 Å². The number of nitrogens with one attached hydrogen (secondary N) is 1. The van der Waals surface area contributed by atoms with Gasteiger partial charge in [-0.15, -0.1) is 0 Å². The highest BCUT2D eigenvalue weighted by atomic mass is 35.7. The van der Waals surface area contributed by atoms with E-state index >= 15 is 0 Å². The van der Waals surface area contributed by atoms with Gasteiger partial charge in [-0.1, -0.05) is 0 Å². The van der Waals surface area contributed by atoms with E-state index < -0.39 is 7.65 Å². The maximum atomic E-state index is 5.44. The molecule has 0 bridgehead atoms. The van der Waals surface area contributed by atoms with Crippen LogP contribution >= 0.6 is 28.8 Å². The van der Waals surface area contributed by atoms with Crippen LogP contribution in [-0.4, -0.2) is 13.2 Å². The highest BCUT2D eigenvalue weighted by Crippen LogP contribution is 2.40. The predicted molar refractivity (Wildman–Crippen MR) is 37.8 cm³/mol. The maximum Gasteiger partial charge on any atom is 0.204 e. The van der Waals surface area contributed by atoms with Crippen molar-refractivity contribution in [3.05, 3.63) is 0 Å². The van der Waals surface area contributed by atoms with Crippen molar-refractivity contribution in [3.8, 4) is 0 Å². The molecule has 2 atom stereocenters. The van der Waals surface area contributed by atoms with Crippen LogP contribution in [0.2, 0.25) is 0 Å². The summed E-state index contributed by atoms with van der Waals surface area (Å²) in [5, 5.41) is 2.93. The van der Waals surface area contributed by atoms with E-state index in [0.29, 0.717) is 0 Å². The van der Waals surface area contributed by atoms with Crippen LogP contribution in [0.4, 0.5) is 0 Å². The molecular weight excluding hydrogens is 151 g/mol. The molecule has 0 radical (unpaired) electrons. The van der Waals surface area contributed by atoms with E-state index in [9.17, 15) is 0 Å². The summed E-state index contributed by atoms with van der Waals surface area (Å²) in [6.45, 7) is 1.68. The molecule has 0 aromatic heterocycles. The van der Waals surface area contributed by atoms with Crippen molar-refractivity contribution in [1.29, 1.82) is 0 Å². The summed E-state index contributed by atoms with van der Waals surface area (Å²) in [7, 11) is -0.743. The van der Waals surface area contributed by atoms with Gasteiger partial charge < -0.3 is 4.52 Å². The van der Waals surface area contributed by atoms with Crippen molar-refractivity contribution in [2.75, 3.05) is 13.2 Å². The van der Waals surface area contributed by atoms with Gasteiger partial charge >= 0.3 is 0 Å². The minimum absolute atomic E-state index is 0. The summed E-state index contributed by atoms with van der Waals surface area (Å²) in [6.07, 6.45) is 0. The SMILES string of the molecule is ClP1NCCO1.P. The largest absolute Gasteiger partial charge is 0.330 e. The second-order valence-corrected chi connectivity index (χ2v) is 2.97. The summed E-state index contributed by atoms with van der Waals surface area (Å²) < 4.78 is 4.87. The smallest absolute Gasteiger partial charge is 0.204 e. The normalized spacial score (nSPS) is 29.6. The molecule has 1 aliphatic rings. The zero-order chi connectivity index (χ0) is 4.41. The van der Waals surface area contributed by atoms with Crippen LogP contribution in [0.25, 0.3) is 0 Å². The van der Waals surface area contributed by atoms with E-state index in [1.165, 1.54) is 0 Å². The third-order valence-corrected chi connectivity index (χ3v) is 2.08. The molecule has 5 heteroatoms. The Hall–Kier alpha value is 1.07. The molecule has 2 unspecified atom stereocenters. The first-order chi connectivity index (χ1) is 2.89. The standard InChI is InChI=1S/C2H5ClNOP.H3P/c3-6-4-1-2-5-6;/h4H,1-2H2;1H3. The summed E-state index contributed by atoms with van der Waals surface area (Å²) in [5.41, 5.74) is 0. The van der Waals surface area contributed by atoms with E-state index in [1.54, 1.807) is 0 Å². The monoisotopic (exact) mass is 159 g/mol. The third kappa shape index (κ3) is 2.79. The number of rotatable bonds is 0. The zero-order valence-electron chi connectivity index (χ0n) is 3.85. The molecule has 7 heavy (non-hydrogen) atoms. The Balaban J connectivity index is 0.000000360. The number of halogens is 1. The Morgan fingerprint density at radius 2 is 2.43 bits per heavy atom. The molecule has 0 amide bonds. The van der Waals surface area contributed by atoms with Crippen molar-refractivity contribution in [2.45, 2.75) is 0 Å². The lowest BCUT2D eigenvalue weighted by molar-refractivity contribution is 0.404. The van der Waals surface area contributed by atoms with Gasteiger partial charge in [-0.2, -0.15) is 9.90 Å². The number of hydrogen-bond donors (Lipinski definition) is 1. The van der Waals surface area contributed by atoms with Gasteiger partial charge in [-0.3, -0.25) is 5.09 Å². The fourth-order valence-corrected chi connectivity index (χ4v) is 1.38. The van der Waals surface area contributed by atoms with E-state index in [4.69, 9.17) is 15.8 Å². The van der Waals surface area contributed by atoms with Crippen LogP contribution in [0.1, 0.15) is 0 Å². The Kier molecular flexibility index (Phi) is 4.61. The van der Waals surface area contributed by atoms with Gasteiger partial charge in [0.05, 0.1) is 6.61 Å². The lowest BCUT2D eigenvalue weighted by Crippen LogP contribution is -1.96. The molecule has 2 nitrogen and oxygen atoms in total. The lowest BCUT2D eigenvalue weighted by atomic mass is 10.8. The van der Waals surface area contributed by atoms with Crippen molar-refractivity contribution >= 4 is 28.8 Å². The zero-order valence-corrected chi connectivity index (χ0v) is 6.92. The minimum atomic E-state index is -0.743. The van der Waals surface area contributed by atoms with Gasteiger partial charge in [0.2, 0.25) is 7.65 Å². The molecule has 1 saturated heterocycles. The van der Waals surface area contributed by atoms with Gasteiger partial charge in [0.1, 0.15) is 0 Å². The molecule has 0 aromatic carbocycles. The van der Waals surface area contributed by atoms with Gasteiger partial charge in [0.25, 0.3) is 0 Å². The lowest BCUT2D eigenvalue weighted by Gasteiger charge is -1.91. The summed E-state index contributed by atoms with van der Waals surface area (Å²) in [4.78, 5) is 0. The first kappa shape index (κ1) is 8.07. The molecule has 1 heterocycles. The highest BCUT2D eigenvalue weighted by Gasteiger charge is 2.09. The minimum Gasteiger partial charge on any atom is -0.330 e. The molecule has 0 aromatic rings. The second-order valence-electron chi connectivity index (χ2n) is 0.986. The maximum absolute atomic E-state index is 5.44. The van der Waals surface area contributed by atoms with Gasteiger partial charge in [-0.05, 0) is 11.2 Å². The predicted octanol–water partition coefficient (Wildman–Crippen LogP) is 1.13. The van der Waals surface area contributed by atoms with Gasteiger partial charge in [0, 0.05) is 6.54 Å². The molecule has 0 aliphatic carbocycles. The molecule has 0 saturated carbocycles. The van der Waals surface area contributed by atoms with Crippen molar-refractivity contribution in [1.82, 2.24) is 5.09 Å². The summed E-state index contributed by atoms with van der Waals surface area (Å²) in [6, 6.07) is 0. The second kappa shape index (κ2) is 4.00. The summed E-state index contributed by atoms with van der Waals surface area (Å²) >= 11 is 5.44. The topological polar surface area (TPSA) is 21.3 Å². The highest BCUT2D eigenvalue weighted by molar-refractivity contribution is 7.78. The van der Waals surface area contributed by atoms with E-state index in [-0.39, 0.29) is 9.90 Å². The quantitative estimate of drug-likeness (QED) is 0.535. The fourth-order valence-electron chi connectivity index (χ4n) is 0.305. The van der Waals surface area contributed by atoms with E-state index in [0.717, 1.165) is 13.2 Å². The first-order valence-corrected chi connectivity index (χ1v) is 3.88. The van der Waals surface area contributed by atoms with Crippen LogP contribution in [0.15, 0.2) is 0 Å². The van der Waals surface area contributed by atoms with Crippen LogP contribution in [-0.2, 0) is 4.52 Å². The van der Waals surface area contributed by atoms with Crippen molar-refractivity contribution in [3.63, 3.8) is 0 Å². The molecule has 1 N–H and O–H groups in total. The first-order valence-electron chi connectivity index (χ1n) is 1.72. The Morgan fingerprint density at radius 3 is 2.57 bits per heavy atom. The van der Waals surface area contributed by atoms with Crippen LogP contribution in [0.3, 0.4) is 0 Å². The Morgan fingerprint density at radius 1 is 1.71 bits per heavy atom. The Bertz CT molecular complexity index is 49.0. The third-order valence-electron chi connectivity index (χ3n) is 0.543. The van der Waals surface area contributed by atoms with Crippen molar-refractivity contribution in [2.24, 2.45) is 0 Å². The molecule has 1 fully saturated rings. The molecular formula is C2H8ClNOP2. The fraction of sp³-hybridized carbons (Fsp3) is 1.00. The molecule has 1 rings (SSSR count). The molecule has 44 valence electrons. The van der Waals surface area contributed by atoms with E-state index in [1.807, 2.05) is 0 Å². The summed E-state index contributed by atoms with van der Waals surface area (Å²) in [5.74, 6) is 0. The van der Waals surface area contributed by atoms with E-state index in [2.05, 4.69) is 5.09 Å². The number of hydrogen-bond acceptors (Lipinski definition) is 2. The average Bonchev–Trinajstić information content (AvgIpc) is 1.86. The van der Waals surface area contributed by atoms with Gasteiger partial charge in [-0.25, -0.2) is 0 Å². The van der Waals surface area contributed by atoms with Gasteiger partial charge in [0.15, 0.2) is 0 Å².